The van der Waals surface area contributed by atoms with E-state index < -0.39 is 5.41 Å². The van der Waals surface area contributed by atoms with E-state index in [2.05, 4.69) is 29.4 Å². The summed E-state index contributed by atoms with van der Waals surface area (Å²) in [6, 6.07) is 10.5. The fraction of sp³-hybridized carbons (Fsp3) is 0.611. The number of nitrogens with one attached hydrogen (secondary N) is 1. The standard InChI is InChI=1S/C18H31N3O.ClH/c1-5-18(6-2,14-19)17(22)20-15(3)12-21(4)13-16-10-8-7-9-11-16;/h7-11,15H,5-6,12-14,19H2,1-4H3,(H,20,22);1H. The number of likely N-dealkylation sites (N-methyl/N-ethyl adjacent to an activating group) is 1. The van der Waals surface area contributed by atoms with E-state index >= 15 is 0 Å². The van der Waals surface area contributed by atoms with Crippen LogP contribution in [0.4, 0.5) is 0 Å². The van der Waals surface area contributed by atoms with Gasteiger partial charge in [0.15, 0.2) is 0 Å². The van der Waals surface area contributed by atoms with E-state index in [0.29, 0.717) is 6.54 Å². The van der Waals surface area contributed by atoms with Crippen molar-refractivity contribution in [2.24, 2.45) is 11.1 Å². The number of halogens is 1. The second-order valence-electron chi connectivity index (χ2n) is 6.25. The molecule has 1 aromatic rings. The number of nitrogens with two attached hydrogens (primary N) is 1. The first-order chi connectivity index (χ1) is 10.5. The number of benzene rings is 1. The number of carbonyl (C=O) groups excluding carboxylic acids is 1. The van der Waals surface area contributed by atoms with Gasteiger partial charge in [-0.2, -0.15) is 0 Å². The number of amides is 1. The maximum absolute atomic E-state index is 12.5. The Morgan fingerprint density at radius 2 is 1.83 bits per heavy atom. The summed E-state index contributed by atoms with van der Waals surface area (Å²) in [6.45, 7) is 8.20. The van der Waals surface area contributed by atoms with E-state index in [1.807, 2.05) is 39.0 Å². The van der Waals surface area contributed by atoms with Gasteiger partial charge in [-0.3, -0.25) is 4.79 Å². The molecule has 132 valence electrons. The molecule has 0 aliphatic carbocycles. The average molecular weight is 342 g/mol. The van der Waals surface area contributed by atoms with Crippen LogP contribution in [0.3, 0.4) is 0 Å². The molecule has 0 aliphatic heterocycles. The van der Waals surface area contributed by atoms with Crippen LogP contribution in [-0.2, 0) is 11.3 Å². The highest BCUT2D eigenvalue weighted by atomic mass is 35.5. The van der Waals surface area contributed by atoms with Gasteiger partial charge < -0.3 is 16.0 Å². The molecule has 0 fully saturated rings. The molecule has 1 amide bonds. The van der Waals surface area contributed by atoms with Crippen LogP contribution in [0.15, 0.2) is 30.3 Å². The van der Waals surface area contributed by atoms with Crippen molar-refractivity contribution in [2.75, 3.05) is 20.1 Å². The summed E-state index contributed by atoms with van der Waals surface area (Å²) >= 11 is 0. The molecule has 1 rings (SSSR count). The highest BCUT2D eigenvalue weighted by Crippen LogP contribution is 2.25. The van der Waals surface area contributed by atoms with Crippen molar-refractivity contribution < 1.29 is 4.79 Å². The summed E-state index contributed by atoms with van der Waals surface area (Å²) in [6.07, 6.45) is 1.55. The predicted molar refractivity (Wildman–Crippen MR) is 99.7 cm³/mol. The Kier molecular flexibility index (Phi) is 10.1. The Hall–Kier alpha value is -1.10. The third-order valence-electron chi connectivity index (χ3n) is 4.48. The van der Waals surface area contributed by atoms with Crippen molar-refractivity contribution in [2.45, 2.75) is 46.2 Å². The topological polar surface area (TPSA) is 58.4 Å². The van der Waals surface area contributed by atoms with Crippen molar-refractivity contribution in [1.82, 2.24) is 10.2 Å². The van der Waals surface area contributed by atoms with E-state index in [9.17, 15) is 4.79 Å². The zero-order valence-electron chi connectivity index (χ0n) is 14.8. The van der Waals surface area contributed by atoms with Crippen LogP contribution < -0.4 is 11.1 Å². The van der Waals surface area contributed by atoms with Gasteiger partial charge in [0.25, 0.3) is 0 Å². The lowest BCUT2D eigenvalue weighted by Gasteiger charge is -2.31. The van der Waals surface area contributed by atoms with Crippen molar-refractivity contribution in [3.05, 3.63) is 35.9 Å². The molecule has 23 heavy (non-hydrogen) atoms. The molecule has 3 N–H and O–H groups in total. The summed E-state index contributed by atoms with van der Waals surface area (Å²) in [5, 5.41) is 3.13. The van der Waals surface area contributed by atoms with Crippen molar-refractivity contribution >= 4 is 18.3 Å². The van der Waals surface area contributed by atoms with Crippen LogP contribution in [0.25, 0.3) is 0 Å². The van der Waals surface area contributed by atoms with E-state index in [1.54, 1.807) is 0 Å². The van der Waals surface area contributed by atoms with Crippen LogP contribution in [-0.4, -0.2) is 37.0 Å². The zero-order chi connectivity index (χ0) is 16.6. The van der Waals surface area contributed by atoms with E-state index in [1.165, 1.54) is 5.56 Å². The number of carbonyl (C=O) groups is 1. The maximum atomic E-state index is 12.5. The zero-order valence-corrected chi connectivity index (χ0v) is 15.7. The molecule has 1 aromatic carbocycles. The third kappa shape index (κ3) is 6.50. The van der Waals surface area contributed by atoms with E-state index in [0.717, 1.165) is 25.9 Å². The molecule has 0 radical (unpaired) electrons. The minimum Gasteiger partial charge on any atom is -0.352 e. The van der Waals surface area contributed by atoms with E-state index in [-0.39, 0.29) is 24.4 Å². The Morgan fingerprint density at radius 3 is 2.30 bits per heavy atom. The molecular formula is C18H32ClN3O. The molecule has 0 bridgehead atoms. The lowest BCUT2D eigenvalue weighted by atomic mass is 9.81. The van der Waals surface area contributed by atoms with Crippen molar-refractivity contribution in [1.29, 1.82) is 0 Å². The minimum absolute atomic E-state index is 0. The fourth-order valence-electron chi connectivity index (χ4n) is 2.80. The largest absolute Gasteiger partial charge is 0.352 e. The summed E-state index contributed by atoms with van der Waals surface area (Å²) in [7, 11) is 2.07. The van der Waals surface area contributed by atoms with Crippen LogP contribution >= 0.6 is 12.4 Å². The minimum atomic E-state index is -0.424. The second-order valence-corrected chi connectivity index (χ2v) is 6.25. The lowest BCUT2D eigenvalue weighted by Crippen LogP contribution is -2.50. The quantitative estimate of drug-likeness (QED) is 0.726. The number of hydrogen-bond acceptors (Lipinski definition) is 3. The SMILES string of the molecule is CCC(CC)(CN)C(=O)NC(C)CN(C)Cc1ccccc1.Cl. The van der Waals surface area contributed by atoms with Gasteiger partial charge in [0.05, 0.1) is 5.41 Å². The first-order valence-corrected chi connectivity index (χ1v) is 8.21. The number of hydrogen-bond donors (Lipinski definition) is 2. The van der Waals surface area contributed by atoms with Gasteiger partial charge in [0.1, 0.15) is 0 Å². The van der Waals surface area contributed by atoms with Gasteiger partial charge in [-0.15, -0.1) is 12.4 Å². The van der Waals surface area contributed by atoms with Gasteiger partial charge in [-0.1, -0.05) is 44.2 Å². The van der Waals surface area contributed by atoms with E-state index in [4.69, 9.17) is 5.73 Å². The second kappa shape index (κ2) is 10.6. The summed E-state index contributed by atoms with van der Waals surface area (Å²) in [4.78, 5) is 14.7. The smallest absolute Gasteiger partial charge is 0.227 e. The highest BCUT2D eigenvalue weighted by Gasteiger charge is 2.33. The Bertz CT molecular complexity index is 441. The molecule has 4 nitrogen and oxygen atoms in total. The molecule has 5 heteroatoms. The molecule has 0 aliphatic rings. The summed E-state index contributed by atoms with van der Waals surface area (Å²) in [5.41, 5.74) is 6.69. The van der Waals surface area contributed by atoms with Gasteiger partial charge in [0.2, 0.25) is 5.91 Å². The van der Waals surface area contributed by atoms with Crippen LogP contribution in [0.5, 0.6) is 0 Å². The first-order valence-electron chi connectivity index (χ1n) is 8.21. The van der Waals surface area contributed by atoms with Gasteiger partial charge >= 0.3 is 0 Å². The maximum Gasteiger partial charge on any atom is 0.227 e. The monoisotopic (exact) mass is 341 g/mol. The Balaban J connectivity index is 0.00000484. The molecule has 1 atom stereocenters. The highest BCUT2D eigenvalue weighted by molar-refractivity contribution is 5.85. The van der Waals surface area contributed by atoms with Crippen LogP contribution in [0, 0.1) is 5.41 Å². The Labute approximate surface area is 147 Å². The lowest BCUT2D eigenvalue weighted by molar-refractivity contribution is -0.131. The van der Waals surface area contributed by atoms with Gasteiger partial charge in [-0.25, -0.2) is 0 Å². The van der Waals surface area contributed by atoms with Crippen LogP contribution in [0.1, 0.15) is 39.2 Å². The molecule has 1 unspecified atom stereocenters. The summed E-state index contributed by atoms with van der Waals surface area (Å²) in [5.74, 6) is 0.0839. The molecule has 0 saturated carbocycles. The molecular weight excluding hydrogens is 310 g/mol. The molecule has 0 aromatic heterocycles. The van der Waals surface area contributed by atoms with Crippen LogP contribution in [0.2, 0.25) is 0 Å². The van der Waals surface area contributed by atoms with Crippen molar-refractivity contribution in [3.8, 4) is 0 Å². The molecule has 0 saturated heterocycles. The third-order valence-corrected chi connectivity index (χ3v) is 4.48. The van der Waals surface area contributed by atoms with Gasteiger partial charge in [0, 0.05) is 25.7 Å². The normalized spacial score (nSPS) is 12.6. The van der Waals surface area contributed by atoms with Gasteiger partial charge in [-0.05, 0) is 32.4 Å². The Morgan fingerprint density at radius 1 is 1.26 bits per heavy atom. The summed E-state index contributed by atoms with van der Waals surface area (Å²) < 4.78 is 0. The number of rotatable bonds is 9. The fourth-order valence-corrected chi connectivity index (χ4v) is 2.80. The van der Waals surface area contributed by atoms with Crippen molar-refractivity contribution in [3.63, 3.8) is 0 Å². The first kappa shape index (κ1) is 21.9. The predicted octanol–water partition coefficient (Wildman–Crippen LogP) is 2.81. The number of nitrogens with zero attached hydrogens (tertiary/aromatic N) is 1. The average Bonchev–Trinajstić information content (AvgIpc) is 2.50. The molecule has 0 spiro atoms. The molecule has 0 heterocycles.